The van der Waals surface area contributed by atoms with E-state index in [1.807, 2.05) is 0 Å². The number of hydrogen-bond acceptors (Lipinski definition) is 8. The summed E-state index contributed by atoms with van der Waals surface area (Å²) in [6.07, 6.45) is 0. The summed E-state index contributed by atoms with van der Waals surface area (Å²) < 4.78 is 20.6. The van der Waals surface area contributed by atoms with Crippen molar-refractivity contribution in [1.29, 1.82) is 0 Å². The third-order valence-corrected chi connectivity index (χ3v) is 4.01. The highest BCUT2D eigenvalue weighted by atomic mass is 32.1. The monoisotopic (exact) mass is 421 g/mol. The molecule has 29 heavy (non-hydrogen) atoms. The highest BCUT2D eigenvalue weighted by molar-refractivity contribution is 7.80. The topological polar surface area (TPSA) is 121 Å². The van der Waals surface area contributed by atoms with E-state index in [2.05, 4.69) is 10.6 Å². The number of rotatable bonds is 7. The number of thiocarbonyl (C=S) groups is 1. The third kappa shape index (κ3) is 5.02. The fourth-order valence-corrected chi connectivity index (χ4v) is 2.64. The number of carbonyl (C=O) groups excluding carboxylic acids is 1. The van der Waals surface area contributed by atoms with Crippen molar-refractivity contribution >= 4 is 34.6 Å². The molecule has 11 heteroatoms. The standard InChI is InChI=1S/C18H19N3O7S/c1-25-11-5-6-12(13(9-11)21(23)24)19-18(29)20-17(22)10-7-14(26-2)16(28-4)15(8-10)27-3/h5-9H,1-4H3,(H2,19,20,22,29). The molecule has 0 radical (unpaired) electrons. The number of nitro benzene ring substituents is 1. The Bertz CT molecular complexity index is 924. The fraction of sp³-hybridized carbons (Fsp3) is 0.222. The Kier molecular flexibility index (Phi) is 7.15. The van der Waals surface area contributed by atoms with E-state index in [-0.39, 0.29) is 22.1 Å². The Morgan fingerprint density at radius 3 is 2.10 bits per heavy atom. The van der Waals surface area contributed by atoms with Gasteiger partial charge in [-0.1, -0.05) is 0 Å². The van der Waals surface area contributed by atoms with Crippen LogP contribution >= 0.6 is 12.2 Å². The van der Waals surface area contributed by atoms with Gasteiger partial charge in [-0.3, -0.25) is 20.2 Å². The summed E-state index contributed by atoms with van der Waals surface area (Å²) in [6.45, 7) is 0. The van der Waals surface area contributed by atoms with E-state index < -0.39 is 10.8 Å². The van der Waals surface area contributed by atoms with Crippen molar-refractivity contribution in [2.24, 2.45) is 0 Å². The minimum Gasteiger partial charge on any atom is -0.496 e. The summed E-state index contributed by atoms with van der Waals surface area (Å²) in [6, 6.07) is 7.10. The Morgan fingerprint density at radius 1 is 1.00 bits per heavy atom. The molecule has 0 unspecified atom stereocenters. The number of amides is 1. The van der Waals surface area contributed by atoms with E-state index >= 15 is 0 Å². The smallest absolute Gasteiger partial charge is 0.296 e. The zero-order chi connectivity index (χ0) is 21.6. The first kappa shape index (κ1) is 21.7. The number of benzene rings is 2. The number of hydrogen-bond donors (Lipinski definition) is 2. The van der Waals surface area contributed by atoms with Crippen LogP contribution in [0.5, 0.6) is 23.0 Å². The molecule has 2 aromatic rings. The summed E-state index contributed by atoms with van der Waals surface area (Å²) >= 11 is 5.11. The van der Waals surface area contributed by atoms with Gasteiger partial charge in [0.15, 0.2) is 16.6 Å². The summed E-state index contributed by atoms with van der Waals surface area (Å²) in [5, 5.41) is 16.2. The second kappa shape index (κ2) is 9.55. The fourth-order valence-electron chi connectivity index (χ4n) is 2.44. The van der Waals surface area contributed by atoms with Crippen molar-refractivity contribution in [2.75, 3.05) is 33.8 Å². The molecule has 0 aliphatic rings. The van der Waals surface area contributed by atoms with E-state index in [4.69, 9.17) is 31.2 Å². The second-order valence-electron chi connectivity index (χ2n) is 5.46. The van der Waals surface area contributed by atoms with Gasteiger partial charge in [0.1, 0.15) is 11.4 Å². The predicted octanol–water partition coefficient (Wildman–Crippen LogP) is 2.76. The molecular formula is C18H19N3O7S. The maximum Gasteiger partial charge on any atom is 0.296 e. The highest BCUT2D eigenvalue weighted by Crippen LogP contribution is 2.38. The number of nitrogens with zero attached hydrogens (tertiary/aromatic N) is 1. The molecule has 0 fully saturated rings. The van der Waals surface area contributed by atoms with Crippen LogP contribution in [0.1, 0.15) is 10.4 Å². The molecule has 2 N–H and O–H groups in total. The average Bonchev–Trinajstić information content (AvgIpc) is 2.72. The zero-order valence-electron chi connectivity index (χ0n) is 16.1. The molecule has 0 bridgehead atoms. The van der Waals surface area contributed by atoms with Gasteiger partial charge >= 0.3 is 0 Å². The average molecular weight is 421 g/mol. The SMILES string of the molecule is COc1ccc(NC(=S)NC(=O)c2cc(OC)c(OC)c(OC)c2)c([N+](=O)[O-])c1. The maximum absolute atomic E-state index is 12.6. The molecule has 1 amide bonds. The molecule has 154 valence electrons. The molecule has 0 aliphatic carbocycles. The van der Waals surface area contributed by atoms with Crippen molar-refractivity contribution in [3.63, 3.8) is 0 Å². The highest BCUT2D eigenvalue weighted by Gasteiger charge is 2.20. The Hall–Kier alpha value is -3.60. The van der Waals surface area contributed by atoms with Crippen LogP contribution in [0.3, 0.4) is 0 Å². The quantitative estimate of drug-likeness (QED) is 0.395. The third-order valence-electron chi connectivity index (χ3n) is 3.80. The van der Waals surface area contributed by atoms with Gasteiger partial charge in [-0.15, -0.1) is 0 Å². The van der Waals surface area contributed by atoms with Gasteiger partial charge in [-0.25, -0.2) is 0 Å². The number of nitro groups is 1. The van der Waals surface area contributed by atoms with E-state index in [0.717, 1.165) is 0 Å². The lowest BCUT2D eigenvalue weighted by Crippen LogP contribution is -2.34. The second-order valence-corrected chi connectivity index (χ2v) is 5.87. The van der Waals surface area contributed by atoms with Crippen LogP contribution in [0.25, 0.3) is 0 Å². The molecule has 0 atom stereocenters. The lowest BCUT2D eigenvalue weighted by atomic mass is 10.1. The Morgan fingerprint density at radius 2 is 1.62 bits per heavy atom. The summed E-state index contributed by atoms with van der Waals surface area (Å²) in [4.78, 5) is 23.2. The molecule has 10 nitrogen and oxygen atoms in total. The van der Waals surface area contributed by atoms with Crippen molar-refractivity contribution in [3.05, 3.63) is 46.0 Å². The molecule has 0 aliphatic heterocycles. The van der Waals surface area contributed by atoms with Gasteiger partial charge in [-0.05, 0) is 36.5 Å². The van der Waals surface area contributed by atoms with Gasteiger partial charge < -0.3 is 24.3 Å². The Balaban J connectivity index is 2.22. The summed E-state index contributed by atoms with van der Waals surface area (Å²) in [7, 11) is 5.69. The molecule has 0 spiro atoms. The van der Waals surface area contributed by atoms with Crippen molar-refractivity contribution < 1.29 is 28.7 Å². The number of methoxy groups -OCH3 is 4. The van der Waals surface area contributed by atoms with E-state index in [1.54, 1.807) is 0 Å². The number of nitrogens with one attached hydrogen (secondary N) is 2. The van der Waals surface area contributed by atoms with E-state index in [1.165, 1.54) is 58.8 Å². The maximum atomic E-state index is 12.6. The zero-order valence-corrected chi connectivity index (χ0v) is 16.9. The molecule has 2 aromatic carbocycles. The number of carbonyl (C=O) groups is 1. The van der Waals surface area contributed by atoms with Crippen molar-refractivity contribution in [1.82, 2.24) is 5.32 Å². The van der Waals surface area contributed by atoms with Crippen LogP contribution in [0.2, 0.25) is 0 Å². The molecule has 0 saturated carbocycles. The van der Waals surface area contributed by atoms with Gasteiger partial charge in [0, 0.05) is 5.56 Å². The van der Waals surface area contributed by atoms with E-state index in [9.17, 15) is 14.9 Å². The van der Waals surface area contributed by atoms with Crippen LogP contribution in [0.4, 0.5) is 11.4 Å². The first-order valence-electron chi connectivity index (χ1n) is 8.09. The largest absolute Gasteiger partial charge is 0.496 e. The Labute approximate surface area is 171 Å². The molecule has 0 heterocycles. The van der Waals surface area contributed by atoms with Crippen LogP contribution < -0.4 is 29.6 Å². The van der Waals surface area contributed by atoms with Crippen LogP contribution in [-0.2, 0) is 0 Å². The first-order chi connectivity index (χ1) is 13.8. The van der Waals surface area contributed by atoms with Gasteiger partial charge in [0.05, 0.1) is 39.4 Å². The number of ether oxygens (including phenoxy) is 4. The minimum absolute atomic E-state index is 0.103. The number of anilines is 1. The van der Waals surface area contributed by atoms with Gasteiger partial charge in [0.2, 0.25) is 5.75 Å². The van der Waals surface area contributed by atoms with Crippen molar-refractivity contribution in [2.45, 2.75) is 0 Å². The molecule has 0 aromatic heterocycles. The molecule has 0 saturated heterocycles. The van der Waals surface area contributed by atoms with E-state index in [0.29, 0.717) is 23.0 Å². The molecule has 2 rings (SSSR count). The first-order valence-corrected chi connectivity index (χ1v) is 8.50. The summed E-state index contributed by atoms with van der Waals surface area (Å²) in [5.41, 5.74) is 0.0348. The van der Waals surface area contributed by atoms with Crippen LogP contribution in [0.15, 0.2) is 30.3 Å². The molecular weight excluding hydrogens is 402 g/mol. The normalized spacial score (nSPS) is 9.93. The lowest BCUT2D eigenvalue weighted by molar-refractivity contribution is -0.384. The van der Waals surface area contributed by atoms with Crippen molar-refractivity contribution in [3.8, 4) is 23.0 Å². The lowest BCUT2D eigenvalue weighted by Gasteiger charge is -2.14. The predicted molar refractivity (Wildman–Crippen MR) is 109 cm³/mol. The van der Waals surface area contributed by atoms with Gasteiger partial charge in [0.25, 0.3) is 11.6 Å². The minimum atomic E-state index is -0.589. The van der Waals surface area contributed by atoms with Gasteiger partial charge in [-0.2, -0.15) is 0 Å². The van der Waals surface area contributed by atoms with Crippen LogP contribution in [0, 0.1) is 10.1 Å². The summed E-state index contributed by atoms with van der Waals surface area (Å²) in [5.74, 6) is 0.664. The van der Waals surface area contributed by atoms with Crippen LogP contribution in [-0.4, -0.2) is 44.4 Å².